The van der Waals surface area contributed by atoms with Crippen LogP contribution >= 0.6 is 0 Å². The molecule has 0 unspecified atom stereocenters. The molecular formula is C12H22N4O. The van der Waals surface area contributed by atoms with Crippen LogP contribution in [0.3, 0.4) is 0 Å². The third kappa shape index (κ3) is 4.66. The molecule has 1 aromatic rings. The number of hydrogen-bond donors (Lipinski definition) is 1. The summed E-state index contributed by atoms with van der Waals surface area (Å²) in [6.07, 6.45) is 4.43. The van der Waals surface area contributed by atoms with E-state index in [1.807, 2.05) is 0 Å². The molecule has 1 N–H and O–H groups in total. The van der Waals surface area contributed by atoms with Crippen molar-refractivity contribution in [3.05, 3.63) is 18.1 Å². The van der Waals surface area contributed by atoms with Gasteiger partial charge in [0.1, 0.15) is 5.82 Å². The third-order valence-corrected chi connectivity index (χ3v) is 2.57. The molecule has 0 aliphatic heterocycles. The minimum atomic E-state index is -0.0594. The van der Waals surface area contributed by atoms with Crippen molar-refractivity contribution >= 4 is 5.82 Å². The fourth-order valence-electron chi connectivity index (χ4n) is 1.64. The van der Waals surface area contributed by atoms with Gasteiger partial charge in [-0.05, 0) is 34.0 Å². The van der Waals surface area contributed by atoms with Gasteiger partial charge in [0.25, 0.3) is 0 Å². The SMILES string of the molecule is CCN(CCCN(C)C)c1cncc(CO)n1. The molecule has 0 fully saturated rings. The Bertz CT molecular complexity index is 330. The van der Waals surface area contributed by atoms with Crippen molar-refractivity contribution < 1.29 is 5.11 Å². The van der Waals surface area contributed by atoms with E-state index in [2.05, 4.69) is 40.8 Å². The molecule has 0 amide bonds. The number of anilines is 1. The van der Waals surface area contributed by atoms with Gasteiger partial charge in [0.15, 0.2) is 0 Å². The van der Waals surface area contributed by atoms with Gasteiger partial charge in [-0.3, -0.25) is 4.98 Å². The molecule has 0 saturated carbocycles. The molecule has 1 aromatic heterocycles. The number of aliphatic hydroxyl groups excluding tert-OH is 1. The summed E-state index contributed by atoms with van der Waals surface area (Å²) in [7, 11) is 4.14. The van der Waals surface area contributed by atoms with Crippen LogP contribution in [0.25, 0.3) is 0 Å². The number of aliphatic hydroxyl groups is 1. The van der Waals surface area contributed by atoms with Gasteiger partial charge in [-0.15, -0.1) is 0 Å². The van der Waals surface area contributed by atoms with Crippen molar-refractivity contribution in [2.45, 2.75) is 20.0 Å². The quantitative estimate of drug-likeness (QED) is 0.759. The second-order valence-electron chi connectivity index (χ2n) is 4.26. The summed E-state index contributed by atoms with van der Waals surface area (Å²) >= 11 is 0. The summed E-state index contributed by atoms with van der Waals surface area (Å²) in [5.41, 5.74) is 0.619. The van der Waals surface area contributed by atoms with Gasteiger partial charge in [0.2, 0.25) is 0 Å². The van der Waals surface area contributed by atoms with Gasteiger partial charge in [0.05, 0.1) is 24.7 Å². The van der Waals surface area contributed by atoms with Crippen LogP contribution in [0.1, 0.15) is 19.0 Å². The number of nitrogens with zero attached hydrogens (tertiary/aromatic N) is 4. The predicted molar refractivity (Wildman–Crippen MR) is 69.0 cm³/mol. The van der Waals surface area contributed by atoms with Crippen LogP contribution in [0.2, 0.25) is 0 Å². The van der Waals surface area contributed by atoms with Crippen molar-refractivity contribution in [1.82, 2.24) is 14.9 Å². The van der Waals surface area contributed by atoms with Gasteiger partial charge in [-0.25, -0.2) is 4.98 Å². The summed E-state index contributed by atoms with van der Waals surface area (Å²) in [5, 5.41) is 9.04. The maximum Gasteiger partial charge on any atom is 0.147 e. The van der Waals surface area contributed by atoms with Gasteiger partial charge in [-0.2, -0.15) is 0 Å². The minimum Gasteiger partial charge on any atom is -0.390 e. The first kappa shape index (κ1) is 13.9. The topological polar surface area (TPSA) is 52.5 Å². The average Bonchev–Trinajstić information content (AvgIpc) is 2.34. The summed E-state index contributed by atoms with van der Waals surface area (Å²) in [6.45, 7) is 4.96. The molecule has 0 bridgehead atoms. The maximum atomic E-state index is 9.04. The van der Waals surface area contributed by atoms with E-state index in [-0.39, 0.29) is 6.61 Å². The molecule has 0 spiro atoms. The molecule has 0 saturated heterocycles. The second-order valence-corrected chi connectivity index (χ2v) is 4.26. The Hall–Kier alpha value is -1.20. The zero-order valence-corrected chi connectivity index (χ0v) is 10.9. The molecule has 17 heavy (non-hydrogen) atoms. The molecule has 1 rings (SSSR count). The van der Waals surface area contributed by atoms with Crippen molar-refractivity contribution in [3.63, 3.8) is 0 Å². The Balaban J connectivity index is 2.59. The molecule has 0 atom stereocenters. The predicted octanol–water partition coefficient (Wildman–Crippen LogP) is 0.747. The smallest absolute Gasteiger partial charge is 0.147 e. The molecule has 1 heterocycles. The Morgan fingerprint density at radius 2 is 2.00 bits per heavy atom. The van der Waals surface area contributed by atoms with Gasteiger partial charge < -0.3 is 14.9 Å². The first-order valence-electron chi connectivity index (χ1n) is 5.98. The van der Waals surface area contributed by atoms with Crippen molar-refractivity contribution in [2.75, 3.05) is 38.6 Å². The van der Waals surface area contributed by atoms with E-state index >= 15 is 0 Å². The van der Waals surface area contributed by atoms with E-state index in [1.54, 1.807) is 12.4 Å². The molecule has 5 heteroatoms. The Kier molecular flexibility index (Phi) is 5.86. The first-order chi connectivity index (χ1) is 8.17. The van der Waals surface area contributed by atoms with Gasteiger partial charge in [0, 0.05) is 13.1 Å². The Labute approximate surface area is 103 Å². The number of hydrogen-bond acceptors (Lipinski definition) is 5. The van der Waals surface area contributed by atoms with E-state index in [0.29, 0.717) is 5.69 Å². The molecule has 0 aromatic carbocycles. The lowest BCUT2D eigenvalue weighted by atomic mass is 10.3. The van der Waals surface area contributed by atoms with Crippen LogP contribution in [0, 0.1) is 0 Å². The fourth-order valence-corrected chi connectivity index (χ4v) is 1.64. The molecule has 0 aliphatic rings. The molecule has 0 aliphatic carbocycles. The van der Waals surface area contributed by atoms with Crippen LogP contribution in [0.4, 0.5) is 5.82 Å². The van der Waals surface area contributed by atoms with Crippen molar-refractivity contribution in [2.24, 2.45) is 0 Å². The van der Waals surface area contributed by atoms with Crippen LogP contribution in [-0.2, 0) is 6.61 Å². The summed E-state index contributed by atoms with van der Waals surface area (Å²) in [5.74, 6) is 0.845. The summed E-state index contributed by atoms with van der Waals surface area (Å²) in [6, 6.07) is 0. The molecule has 5 nitrogen and oxygen atoms in total. The summed E-state index contributed by atoms with van der Waals surface area (Å²) in [4.78, 5) is 12.8. The number of rotatable bonds is 7. The highest BCUT2D eigenvalue weighted by Gasteiger charge is 2.07. The van der Waals surface area contributed by atoms with E-state index in [4.69, 9.17) is 5.11 Å². The van der Waals surface area contributed by atoms with E-state index < -0.39 is 0 Å². The second kappa shape index (κ2) is 7.19. The largest absolute Gasteiger partial charge is 0.390 e. The Morgan fingerprint density at radius 1 is 1.24 bits per heavy atom. The standard InChI is InChI=1S/C12H22N4O/c1-4-16(7-5-6-15(2)3)12-9-13-8-11(10-17)14-12/h8-9,17H,4-7,10H2,1-3H3. The molecule has 0 radical (unpaired) electrons. The van der Waals surface area contributed by atoms with Crippen LogP contribution in [0.15, 0.2) is 12.4 Å². The average molecular weight is 238 g/mol. The van der Waals surface area contributed by atoms with Crippen molar-refractivity contribution in [1.29, 1.82) is 0 Å². The monoisotopic (exact) mass is 238 g/mol. The summed E-state index contributed by atoms with van der Waals surface area (Å²) < 4.78 is 0. The van der Waals surface area contributed by atoms with E-state index in [9.17, 15) is 0 Å². The third-order valence-electron chi connectivity index (χ3n) is 2.57. The lowest BCUT2D eigenvalue weighted by molar-refractivity contribution is 0.276. The molecule has 96 valence electrons. The Morgan fingerprint density at radius 3 is 2.59 bits per heavy atom. The lowest BCUT2D eigenvalue weighted by Crippen LogP contribution is -2.28. The fraction of sp³-hybridized carbons (Fsp3) is 0.667. The highest BCUT2D eigenvalue weighted by Crippen LogP contribution is 2.10. The van der Waals surface area contributed by atoms with Crippen molar-refractivity contribution in [3.8, 4) is 0 Å². The highest BCUT2D eigenvalue weighted by atomic mass is 16.3. The number of aromatic nitrogens is 2. The molecular weight excluding hydrogens is 216 g/mol. The van der Waals surface area contributed by atoms with E-state index in [0.717, 1.165) is 31.9 Å². The minimum absolute atomic E-state index is 0.0594. The van der Waals surface area contributed by atoms with Crippen LogP contribution in [0.5, 0.6) is 0 Å². The lowest BCUT2D eigenvalue weighted by Gasteiger charge is -2.22. The maximum absolute atomic E-state index is 9.04. The first-order valence-corrected chi connectivity index (χ1v) is 5.98. The van der Waals surface area contributed by atoms with Crippen LogP contribution in [-0.4, -0.2) is 53.7 Å². The van der Waals surface area contributed by atoms with Crippen LogP contribution < -0.4 is 4.90 Å². The zero-order chi connectivity index (χ0) is 12.7. The zero-order valence-electron chi connectivity index (χ0n) is 10.9. The normalized spacial score (nSPS) is 10.9. The van der Waals surface area contributed by atoms with Gasteiger partial charge >= 0.3 is 0 Å². The van der Waals surface area contributed by atoms with E-state index in [1.165, 1.54) is 0 Å². The highest BCUT2D eigenvalue weighted by molar-refractivity contribution is 5.35. The van der Waals surface area contributed by atoms with Gasteiger partial charge in [-0.1, -0.05) is 0 Å².